The van der Waals surface area contributed by atoms with E-state index in [0.29, 0.717) is 0 Å². The molecule has 0 spiro atoms. The fourth-order valence-electron chi connectivity index (χ4n) is 1.88. The summed E-state index contributed by atoms with van der Waals surface area (Å²) >= 11 is 0.0581. The molecule has 2 nitrogen and oxygen atoms in total. The van der Waals surface area contributed by atoms with Gasteiger partial charge in [0.2, 0.25) is 0 Å². The third kappa shape index (κ3) is 2.10. The minimum absolute atomic E-state index is 0.0581. The van der Waals surface area contributed by atoms with Crippen molar-refractivity contribution in [2.45, 2.75) is 34.6 Å². The van der Waals surface area contributed by atoms with E-state index in [4.69, 9.17) is 2.64 Å². The molecule has 0 aliphatic carbocycles. The second-order valence-electron chi connectivity index (χ2n) is 3.93. The van der Waals surface area contributed by atoms with Crippen LogP contribution in [-0.2, 0) is 29.2 Å². The number of carbonyl (C=O) groups is 1. The number of hydrogen-bond acceptors (Lipinski definition) is 2. The summed E-state index contributed by atoms with van der Waals surface area (Å²) in [5.41, 5.74) is 6.57. The topological polar surface area (TPSA) is 26.3 Å². The van der Waals surface area contributed by atoms with Gasteiger partial charge in [0, 0.05) is 0 Å². The molecule has 0 N–H and O–H groups in total. The van der Waals surface area contributed by atoms with E-state index in [1.54, 1.807) is 0 Å². The zero-order valence-corrected chi connectivity index (χ0v) is 15.5. The van der Waals surface area contributed by atoms with Crippen LogP contribution in [0.2, 0.25) is 0 Å². The van der Waals surface area contributed by atoms with Crippen LogP contribution in [0.5, 0.6) is 0 Å². The van der Waals surface area contributed by atoms with Gasteiger partial charge in [-0.05, 0) is 0 Å². The molecular weight excluding hydrogens is 377 g/mol. The predicted molar refractivity (Wildman–Crippen MR) is 55.5 cm³/mol. The molecule has 0 heterocycles. The van der Waals surface area contributed by atoms with Crippen LogP contribution < -0.4 is 0 Å². The monoisotopic (exact) mass is 393 g/mol. The number of benzene rings is 1. The van der Waals surface area contributed by atoms with Crippen LogP contribution in [0.4, 0.5) is 0 Å². The second-order valence-corrected chi connectivity index (χ2v) is 5.05. The Bertz CT molecular complexity index is 393. The van der Waals surface area contributed by atoms with Gasteiger partial charge >= 0.3 is 108 Å². The fraction of sp³-hybridized carbons (Fsp3) is 0.417. The summed E-state index contributed by atoms with van der Waals surface area (Å²) in [4.78, 5) is 11.7. The van der Waals surface area contributed by atoms with E-state index in [1.807, 2.05) is 13.8 Å². The van der Waals surface area contributed by atoms with Gasteiger partial charge in [0.1, 0.15) is 0 Å². The quantitative estimate of drug-likeness (QED) is 0.688. The second kappa shape index (κ2) is 4.64. The van der Waals surface area contributed by atoms with Crippen molar-refractivity contribution in [1.82, 2.24) is 0 Å². The van der Waals surface area contributed by atoms with Crippen molar-refractivity contribution >= 4 is 5.97 Å². The molecule has 77 valence electrons. The zero-order chi connectivity index (χ0) is 11.7. The Balaban J connectivity index is 3.60. The number of carbonyl (C=O) groups excluding carboxylic acids is 1. The van der Waals surface area contributed by atoms with Crippen molar-refractivity contribution in [3.63, 3.8) is 0 Å². The van der Waals surface area contributed by atoms with E-state index in [0.717, 1.165) is 16.7 Å². The average molecular weight is 392 g/mol. The summed E-state index contributed by atoms with van der Waals surface area (Å²) in [6.07, 6.45) is 0. The van der Waals surface area contributed by atoms with Gasteiger partial charge in [0.25, 0.3) is 0 Å². The van der Waals surface area contributed by atoms with Crippen LogP contribution in [0.3, 0.4) is 0 Å². The maximum absolute atomic E-state index is 11.7. The molecule has 1 aromatic rings. The first-order valence-corrected chi connectivity index (χ1v) is 7.19. The van der Waals surface area contributed by atoms with Crippen molar-refractivity contribution in [3.8, 4) is 0 Å². The van der Waals surface area contributed by atoms with Gasteiger partial charge in [-0.2, -0.15) is 0 Å². The third-order valence-electron chi connectivity index (χ3n) is 3.34. The summed E-state index contributed by atoms with van der Waals surface area (Å²) in [5, 5.41) is 0. The first kappa shape index (κ1) is 12.7. The van der Waals surface area contributed by atoms with Crippen LogP contribution in [0, 0.1) is 34.6 Å². The molecule has 0 saturated heterocycles. The molecule has 0 aliphatic heterocycles. The van der Waals surface area contributed by atoms with Crippen molar-refractivity contribution < 1.29 is 34.0 Å². The van der Waals surface area contributed by atoms with Crippen LogP contribution >= 0.6 is 0 Å². The predicted octanol–water partition coefficient (Wildman–Crippen LogP) is 2.85. The van der Waals surface area contributed by atoms with Crippen LogP contribution in [-0.4, -0.2) is 5.97 Å². The Morgan fingerprint density at radius 1 is 0.867 bits per heavy atom. The Morgan fingerprint density at radius 2 is 1.20 bits per heavy atom. The molecule has 3 heteroatoms. The summed E-state index contributed by atoms with van der Waals surface area (Å²) in [7, 11) is 0. The van der Waals surface area contributed by atoms with E-state index in [1.165, 1.54) is 16.7 Å². The molecule has 0 amide bonds. The molecule has 0 unspecified atom stereocenters. The molecule has 1 aromatic carbocycles. The van der Waals surface area contributed by atoms with E-state index < -0.39 is 0 Å². The molecule has 0 radical (unpaired) electrons. The number of rotatable bonds is 1. The summed E-state index contributed by atoms with van der Waals surface area (Å²) < 4.78 is 5.00. The Kier molecular flexibility index (Phi) is 3.93. The summed E-state index contributed by atoms with van der Waals surface area (Å²) in [5.74, 6) is -0.153. The molecule has 1 rings (SSSR count). The molecule has 15 heavy (non-hydrogen) atoms. The molecule has 0 saturated carbocycles. The van der Waals surface area contributed by atoms with Crippen LogP contribution in [0.1, 0.15) is 38.2 Å². The van der Waals surface area contributed by atoms with Gasteiger partial charge in [0.05, 0.1) is 0 Å². The molecule has 0 fully saturated rings. The summed E-state index contributed by atoms with van der Waals surface area (Å²) in [6, 6.07) is 0. The molecule has 0 aromatic heterocycles. The molecule has 0 bridgehead atoms. The van der Waals surface area contributed by atoms with E-state index >= 15 is 0 Å². The molecule has 0 atom stereocenters. The van der Waals surface area contributed by atoms with Crippen molar-refractivity contribution in [2.24, 2.45) is 0 Å². The molecular formula is C12H15HgO2. The molecule has 0 aliphatic rings. The van der Waals surface area contributed by atoms with Gasteiger partial charge in [0.15, 0.2) is 0 Å². The van der Waals surface area contributed by atoms with E-state index in [9.17, 15) is 4.79 Å². The Hall–Kier alpha value is -0.375. The van der Waals surface area contributed by atoms with Gasteiger partial charge in [-0.15, -0.1) is 0 Å². The van der Waals surface area contributed by atoms with Crippen LogP contribution in [0.25, 0.3) is 0 Å². The first-order chi connectivity index (χ1) is 6.91. The summed E-state index contributed by atoms with van der Waals surface area (Å²) in [6.45, 7) is 10.2. The SMILES string of the molecule is Cc1c(C)c(C)c(C(=O)[O][Hg])c(C)c1C. The van der Waals surface area contributed by atoms with Crippen LogP contribution in [0.15, 0.2) is 0 Å². The Morgan fingerprint density at radius 3 is 1.53 bits per heavy atom. The number of hydrogen-bond donors (Lipinski definition) is 0. The minimum atomic E-state index is -0.153. The van der Waals surface area contributed by atoms with E-state index in [-0.39, 0.29) is 32.5 Å². The van der Waals surface area contributed by atoms with Gasteiger partial charge in [-0.1, -0.05) is 0 Å². The average Bonchev–Trinajstić information content (AvgIpc) is 2.23. The van der Waals surface area contributed by atoms with Crippen molar-refractivity contribution in [3.05, 3.63) is 33.4 Å². The Labute approximate surface area is 108 Å². The zero-order valence-electron chi connectivity index (χ0n) is 10.0. The third-order valence-corrected chi connectivity index (χ3v) is 4.35. The van der Waals surface area contributed by atoms with Crippen molar-refractivity contribution in [1.29, 1.82) is 0 Å². The first-order valence-electron chi connectivity index (χ1n) is 4.95. The van der Waals surface area contributed by atoms with Gasteiger partial charge in [-0.25, -0.2) is 0 Å². The van der Waals surface area contributed by atoms with E-state index in [2.05, 4.69) is 20.8 Å². The fourth-order valence-corrected chi connectivity index (χ4v) is 2.44. The maximum atomic E-state index is 11.7. The standard InChI is InChI=1S/C12H16O2.Hg/c1-6-7(2)9(4)11(12(13)14)10(5)8(6)3;/h1-5H3,(H,13,14);/q;+1/p-1. The van der Waals surface area contributed by atoms with Gasteiger partial charge < -0.3 is 0 Å². The van der Waals surface area contributed by atoms with Crippen molar-refractivity contribution in [2.75, 3.05) is 0 Å². The van der Waals surface area contributed by atoms with Gasteiger partial charge in [-0.3, -0.25) is 0 Å². The normalized spacial score (nSPS) is 10.3.